The fraction of sp³-hybridized carbons (Fsp3) is 0.400. The van der Waals surface area contributed by atoms with Gasteiger partial charge in [0.15, 0.2) is 0 Å². The van der Waals surface area contributed by atoms with E-state index in [1.807, 2.05) is 0 Å². The standard InChI is InChI=1S/C10H12F3NO2.ClH/c1-16-9-4-6(10(11,12)13)2-3-7(9)8(15)5-14;/h2-4,8,15H,5,14H2,1H3;1H. The number of hydrogen-bond acceptors (Lipinski definition) is 3. The van der Waals surface area contributed by atoms with Gasteiger partial charge in [0.1, 0.15) is 5.75 Å². The van der Waals surface area contributed by atoms with Crippen LogP contribution in [0.5, 0.6) is 5.75 Å². The Balaban J connectivity index is 0.00000256. The molecule has 0 aliphatic heterocycles. The van der Waals surface area contributed by atoms with Gasteiger partial charge >= 0.3 is 6.18 Å². The van der Waals surface area contributed by atoms with Gasteiger partial charge in [-0.05, 0) is 12.1 Å². The third-order valence-corrected chi connectivity index (χ3v) is 2.14. The molecule has 3 N–H and O–H groups in total. The van der Waals surface area contributed by atoms with Crippen LogP contribution < -0.4 is 10.5 Å². The third-order valence-electron chi connectivity index (χ3n) is 2.14. The number of rotatable bonds is 3. The van der Waals surface area contributed by atoms with Crippen LogP contribution in [0.1, 0.15) is 17.2 Å². The molecule has 1 aromatic carbocycles. The molecule has 0 spiro atoms. The Morgan fingerprint density at radius 2 is 2.00 bits per heavy atom. The van der Waals surface area contributed by atoms with Gasteiger partial charge in [-0.3, -0.25) is 0 Å². The smallest absolute Gasteiger partial charge is 0.416 e. The summed E-state index contributed by atoms with van der Waals surface area (Å²) in [5, 5.41) is 9.45. The van der Waals surface area contributed by atoms with Crippen molar-refractivity contribution >= 4 is 12.4 Å². The number of methoxy groups -OCH3 is 1. The van der Waals surface area contributed by atoms with Gasteiger partial charge in [0.05, 0.1) is 18.8 Å². The molecular weight excluding hydrogens is 259 g/mol. The molecule has 0 aliphatic carbocycles. The van der Waals surface area contributed by atoms with E-state index in [2.05, 4.69) is 0 Å². The predicted octanol–water partition coefficient (Wildman–Crippen LogP) is 2.13. The molecule has 0 aliphatic rings. The molecule has 0 aromatic heterocycles. The van der Waals surface area contributed by atoms with Gasteiger partial charge in [0.2, 0.25) is 0 Å². The molecule has 0 radical (unpaired) electrons. The molecule has 1 atom stereocenters. The molecule has 1 unspecified atom stereocenters. The van der Waals surface area contributed by atoms with E-state index in [9.17, 15) is 18.3 Å². The van der Waals surface area contributed by atoms with Crippen molar-refractivity contribution in [1.29, 1.82) is 0 Å². The number of hydrogen-bond donors (Lipinski definition) is 2. The number of ether oxygens (including phenoxy) is 1. The Labute approximate surface area is 103 Å². The maximum absolute atomic E-state index is 12.4. The van der Waals surface area contributed by atoms with Crippen LogP contribution >= 0.6 is 12.4 Å². The van der Waals surface area contributed by atoms with Gasteiger partial charge in [-0.15, -0.1) is 12.4 Å². The van der Waals surface area contributed by atoms with Crippen molar-refractivity contribution in [1.82, 2.24) is 0 Å². The average Bonchev–Trinajstić information content (AvgIpc) is 2.26. The van der Waals surface area contributed by atoms with Crippen molar-refractivity contribution in [3.63, 3.8) is 0 Å². The molecule has 1 aromatic rings. The summed E-state index contributed by atoms with van der Waals surface area (Å²) in [5.41, 5.74) is 4.65. The second kappa shape index (κ2) is 6.09. The van der Waals surface area contributed by atoms with E-state index in [0.29, 0.717) is 0 Å². The lowest BCUT2D eigenvalue weighted by Gasteiger charge is -2.15. The van der Waals surface area contributed by atoms with Crippen LogP contribution in [0.25, 0.3) is 0 Å². The van der Waals surface area contributed by atoms with E-state index < -0.39 is 17.8 Å². The van der Waals surface area contributed by atoms with E-state index >= 15 is 0 Å². The fourth-order valence-electron chi connectivity index (χ4n) is 1.29. The fourth-order valence-corrected chi connectivity index (χ4v) is 1.29. The SMILES string of the molecule is COc1cc(C(F)(F)F)ccc1C(O)CN.Cl. The van der Waals surface area contributed by atoms with Gasteiger partial charge in [0.25, 0.3) is 0 Å². The van der Waals surface area contributed by atoms with Crippen molar-refractivity contribution in [2.24, 2.45) is 5.73 Å². The Morgan fingerprint density at radius 1 is 1.41 bits per heavy atom. The van der Waals surface area contributed by atoms with Gasteiger partial charge in [-0.25, -0.2) is 0 Å². The summed E-state index contributed by atoms with van der Waals surface area (Å²) in [6.07, 6.45) is -5.46. The normalized spacial score (nSPS) is 12.8. The molecule has 17 heavy (non-hydrogen) atoms. The topological polar surface area (TPSA) is 55.5 Å². The van der Waals surface area contributed by atoms with Crippen molar-refractivity contribution in [3.05, 3.63) is 29.3 Å². The minimum atomic E-state index is -4.43. The molecule has 0 heterocycles. The first kappa shape index (κ1) is 16.0. The molecule has 0 saturated carbocycles. The van der Waals surface area contributed by atoms with Gasteiger partial charge in [-0.2, -0.15) is 13.2 Å². The number of halogens is 4. The van der Waals surface area contributed by atoms with Crippen LogP contribution in [0.4, 0.5) is 13.2 Å². The Bertz CT molecular complexity index is 371. The number of alkyl halides is 3. The van der Waals surface area contributed by atoms with Gasteiger partial charge in [0, 0.05) is 12.1 Å². The predicted molar refractivity (Wildman–Crippen MR) is 59.3 cm³/mol. The molecule has 1 rings (SSSR count). The second-order valence-electron chi connectivity index (χ2n) is 3.21. The molecule has 3 nitrogen and oxygen atoms in total. The summed E-state index contributed by atoms with van der Waals surface area (Å²) in [7, 11) is 1.24. The summed E-state index contributed by atoms with van der Waals surface area (Å²) >= 11 is 0. The van der Waals surface area contributed by atoms with Crippen molar-refractivity contribution < 1.29 is 23.0 Å². The van der Waals surface area contributed by atoms with E-state index in [1.54, 1.807) is 0 Å². The highest BCUT2D eigenvalue weighted by molar-refractivity contribution is 5.85. The van der Waals surface area contributed by atoms with Crippen molar-refractivity contribution in [2.45, 2.75) is 12.3 Å². The molecule has 0 amide bonds. The number of benzene rings is 1. The van der Waals surface area contributed by atoms with Crippen LogP contribution in [0.15, 0.2) is 18.2 Å². The largest absolute Gasteiger partial charge is 0.496 e. The van der Waals surface area contributed by atoms with Crippen LogP contribution in [-0.2, 0) is 6.18 Å². The lowest BCUT2D eigenvalue weighted by atomic mass is 10.1. The van der Waals surface area contributed by atoms with E-state index in [1.165, 1.54) is 13.2 Å². The van der Waals surface area contributed by atoms with Crippen LogP contribution in [0, 0.1) is 0 Å². The number of aliphatic hydroxyl groups is 1. The quantitative estimate of drug-likeness (QED) is 0.885. The maximum Gasteiger partial charge on any atom is 0.416 e. The molecule has 7 heteroatoms. The summed E-state index contributed by atoms with van der Waals surface area (Å²) in [6.45, 7) is -0.0816. The highest BCUT2D eigenvalue weighted by atomic mass is 35.5. The average molecular weight is 272 g/mol. The molecular formula is C10H13ClF3NO2. The zero-order valence-corrected chi connectivity index (χ0v) is 9.81. The monoisotopic (exact) mass is 271 g/mol. The summed E-state index contributed by atoms with van der Waals surface area (Å²) in [6, 6.07) is 2.89. The zero-order valence-electron chi connectivity index (χ0n) is 8.99. The minimum Gasteiger partial charge on any atom is -0.496 e. The lowest BCUT2D eigenvalue weighted by Crippen LogP contribution is -2.13. The van der Waals surface area contributed by atoms with Gasteiger partial charge < -0.3 is 15.6 Å². The summed E-state index contributed by atoms with van der Waals surface area (Å²) < 4.78 is 41.9. The van der Waals surface area contributed by atoms with Crippen LogP contribution in [0.2, 0.25) is 0 Å². The zero-order chi connectivity index (χ0) is 12.3. The number of aliphatic hydroxyl groups excluding tert-OH is 1. The summed E-state index contributed by atoms with van der Waals surface area (Å²) in [4.78, 5) is 0. The van der Waals surface area contributed by atoms with E-state index in [0.717, 1.165) is 12.1 Å². The first-order chi connectivity index (χ1) is 7.40. The molecule has 0 saturated heterocycles. The minimum absolute atomic E-state index is 0. The van der Waals surface area contributed by atoms with Crippen molar-refractivity contribution in [3.8, 4) is 5.75 Å². The second-order valence-corrected chi connectivity index (χ2v) is 3.21. The first-order valence-electron chi connectivity index (χ1n) is 4.53. The molecule has 98 valence electrons. The van der Waals surface area contributed by atoms with Gasteiger partial charge in [-0.1, -0.05) is 6.07 Å². The molecule has 0 fully saturated rings. The van der Waals surface area contributed by atoms with E-state index in [-0.39, 0.29) is 30.3 Å². The number of nitrogens with two attached hydrogens (primary N) is 1. The third kappa shape index (κ3) is 3.76. The highest BCUT2D eigenvalue weighted by Gasteiger charge is 2.31. The first-order valence-corrected chi connectivity index (χ1v) is 4.53. The Morgan fingerprint density at radius 3 is 2.41 bits per heavy atom. The maximum atomic E-state index is 12.4. The summed E-state index contributed by atoms with van der Waals surface area (Å²) in [5.74, 6) is -0.0206. The van der Waals surface area contributed by atoms with Crippen LogP contribution in [0.3, 0.4) is 0 Å². The Kier molecular flexibility index (Phi) is 5.74. The lowest BCUT2D eigenvalue weighted by molar-refractivity contribution is -0.137. The van der Waals surface area contributed by atoms with Crippen molar-refractivity contribution in [2.75, 3.05) is 13.7 Å². The highest BCUT2D eigenvalue weighted by Crippen LogP contribution is 2.34. The Hall–Kier alpha value is -0.980. The van der Waals surface area contributed by atoms with Crippen LogP contribution in [-0.4, -0.2) is 18.8 Å². The van der Waals surface area contributed by atoms with E-state index in [4.69, 9.17) is 10.5 Å². The molecule has 0 bridgehead atoms.